The molecule has 0 spiro atoms. The lowest BCUT2D eigenvalue weighted by molar-refractivity contribution is -0.142. The van der Waals surface area contributed by atoms with Gasteiger partial charge in [0, 0.05) is 12.0 Å². The number of alkyl halides is 1. The van der Waals surface area contributed by atoms with Crippen molar-refractivity contribution in [3.63, 3.8) is 0 Å². The monoisotopic (exact) mass is 404 g/mol. The Morgan fingerprint density at radius 2 is 2.08 bits per heavy atom. The molecule has 3 rings (SSSR count). The number of fused-ring (bicyclic) bond motifs is 1. The van der Waals surface area contributed by atoms with Crippen LogP contribution in [0.15, 0.2) is 48.5 Å². The molecule has 2 aromatic carbocycles. The van der Waals surface area contributed by atoms with Crippen molar-refractivity contribution in [2.24, 2.45) is 0 Å². The van der Waals surface area contributed by atoms with Gasteiger partial charge in [-0.2, -0.15) is 0 Å². The van der Waals surface area contributed by atoms with Gasteiger partial charge in [-0.15, -0.1) is 0 Å². The third-order valence-corrected chi connectivity index (χ3v) is 5.20. The second-order valence-electron chi connectivity index (χ2n) is 5.87. The Morgan fingerprint density at radius 3 is 2.84 bits per heavy atom. The van der Waals surface area contributed by atoms with Crippen LogP contribution in [0.3, 0.4) is 0 Å². The molecule has 5 heteroatoms. The molecule has 0 saturated heterocycles. The van der Waals surface area contributed by atoms with Crippen LogP contribution in [0.25, 0.3) is 0 Å². The van der Waals surface area contributed by atoms with E-state index in [1.165, 1.54) is 0 Å². The first-order valence-electron chi connectivity index (χ1n) is 8.43. The van der Waals surface area contributed by atoms with E-state index in [0.717, 1.165) is 29.0 Å². The van der Waals surface area contributed by atoms with Gasteiger partial charge in [0.1, 0.15) is 22.9 Å². The molecule has 25 heavy (non-hydrogen) atoms. The summed E-state index contributed by atoms with van der Waals surface area (Å²) in [4.78, 5) is 11.7. The second-order valence-corrected chi connectivity index (χ2v) is 6.86. The summed E-state index contributed by atoms with van der Waals surface area (Å²) in [5, 5.41) is 0. The first-order chi connectivity index (χ1) is 12.2. The van der Waals surface area contributed by atoms with Crippen molar-refractivity contribution in [2.45, 2.75) is 30.7 Å². The molecule has 0 amide bonds. The Morgan fingerprint density at radius 1 is 1.28 bits per heavy atom. The molecule has 1 heterocycles. The first kappa shape index (κ1) is 17.8. The molecule has 1 aliphatic heterocycles. The quantitative estimate of drug-likeness (QED) is 0.526. The van der Waals surface area contributed by atoms with Crippen LogP contribution >= 0.6 is 15.9 Å². The van der Waals surface area contributed by atoms with E-state index in [9.17, 15) is 4.79 Å². The molecule has 4 nitrogen and oxygen atoms in total. The number of halogens is 1. The van der Waals surface area contributed by atoms with Crippen molar-refractivity contribution in [2.75, 3.05) is 13.2 Å². The summed E-state index contributed by atoms with van der Waals surface area (Å²) in [6.07, 6.45) is 0.770. The lowest BCUT2D eigenvalue weighted by Gasteiger charge is -2.28. The maximum Gasteiger partial charge on any atom is 0.320 e. The van der Waals surface area contributed by atoms with E-state index in [4.69, 9.17) is 14.2 Å². The number of benzene rings is 2. The Labute approximate surface area is 156 Å². The highest BCUT2D eigenvalue weighted by Gasteiger charge is 2.33. The van der Waals surface area contributed by atoms with Crippen molar-refractivity contribution < 1.29 is 19.0 Å². The van der Waals surface area contributed by atoms with Crippen LogP contribution in [-0.4, -0.2) is 24.0 Å². The maximum atomic E-state index is 12.0. The van der Waals surface area contributed by atoms with Gasteiger partial charge in [0.2, 0.25) is 0 Å². The minimum absolute atomic E-state index is 0.0333. The third kappa shape index (κ3) is 4.34. The fourth-order valence-electron chi connectivity index (χ4n) is 2.92. The molecule has 0 aromatic heterocycles. The molecule has 0 bridgehead atoms. The van der Waals surface area contributed by atoms with E-state index in [-0.39, 0.29) is 16.7 Å². The number of carbonyl (C=O) groups excluding carboxylic acids is 1. The maximum absolute atomic E-state index is 12.0. The summed E-state index contributed by atoms with van der Waals surface area (Å²) in [7, 11) is 0. The van der Waals surface area contributed by atoms with E-state index < -0.39 is 0 Å². The highest BCUT2D eigenvalue weighted by Crippen LogP contribution is 2.40. The number of carbonyl (C=O) groups is 1. The van der Waals surface area contributed by atoms with Crippen LogP contribution in [0.1, 0.15) is 30.4 Å². The molecular weight excluding hydrogens is 384 g/mol. The van der Waals surface area contributed by atoms with Crippen molar-refractivity contribution in [3.05, 3.63) is 59.7 Å². The van der Waals surface area contributed by atoms with Crippen LogP contribution < -0.4 is 9.47 Å². The molecule has 1 unspecified atom stereocenters. The average molecular weight is 405 g/mol. The lowest BCUT2D eigenvalue weighted by atomic mass is 9.90. The zero-order valence-corrected chi connectivity index (χ0v) is 15.7. The topological polar surface area (TPSA) is 44.8 Å². The predicted molar refractivity (Wildman–Crippen MR) is 99.4 cm³/mol. The number of hydrogen-bond donors (Lipinski definition) is 0. The molecule has 2 atom stereocenters. The lowest BCUT2D eigenvalue weighted by Crippen LogP contribution is -2.28. The standard InChI is InChI=1S/C20H21BrO4/c1-2-23-20(22)19(21)17-10-11-24-18-12-15(8-9-16(17)18)25-13-14-6-4-3-5-7-14/h3-9,12,17,19H,2,10-11,13H2,1H3/t17-,19?/m1/s1. The van der Waals surface area contributed by atoms with Crippen LogP contribution in [-0.2, 0) is 16.1 Å². The molecule has 0 radical (unpaired) electrons. The summed E-state index contributed by atoms with van der Waals surface area (Å²) in [5.41, 5.74) is 2.12. The van der Waals surface area contributed by atoms with E-state index in [1.54, 1.807) is 0 Å². The minimum Gasteiger partial charge on any atom is -0.493 e. The molecule has 1 aliphatic rings. The molecule has 132 valence electrons. The normalized spacial score (nSPS) is 17.1. The minimum atomic E-state index is -0.369. The zero-order valence-electron chi connectivity index (χ0n) is 14.1. The van der Waals surface area contributed by atoms with Gasteiger partial charge in [0.05, 0.1) is 13.2 Å². The fraction of sp³-hybridized carbons (Fsp3) is 0.350. The van der Waals surface area contributed by atoms with Crippen LogP contribution in [0.2, 0.25) is 0 Å². The highest BCUT2D eigenvalue weighted by atomic mass is 79.9. The smallest absolute Gasteiger partial charge is 0.320 e. The number of rotatable bonds is 6. The molecule has 2 aromatic rings. The van der Waals surface area contributed by atoms with Crippen molar-refractivity contribution >= 4 is 21.9 Å². The SMILES string of the molecule is CCOC(=O)C(Br)[C@@H]1CCOc2cc(OCc3ccccc3)ccc21. The number of hydrogen-bond acceptors (Lipinski definition) is 4. The van der Waals surface area contributed by atoms with Crippen molar-refractivity contribution in [1.29, 1.82) is 0 Å². The van der Waals surface area contributed by atoms with Crippen LogP contribution in [0, 0.1) is 0 Å². The Bertz CT molecular complexity index is 717. The zero-order chi connectivity index (χ0) is 17.6. The summed E-state index contributed by atoms with van der Waals surface area (Å²) < 4.78 is 16.8. The van der Waals surface area contributed by atoms with Gasteiger partial charge in [-0.1, -0.05) is 52.3 Å². The average Bonchev–Trinajstić information content (AvgIpc) is 2.66. The van der Waals surface area contributed by atoms with Crippen LogP contribution in [0.5, 0.6) is 11.5 Å². The van der Waals surface area contributed by atoms with E-state index >= 15 is 0 Å². The highest BCUT2D eigenvalue weighted by molar-refractivity contribution is 9.10. The molecule has 0 N–H and O–H groups in total. The molecule has 0 aliphatic carbocycles. The summed E-state index contributed by atoms with van der Waals surface area (Å²) in [6, 6.07) is 15.8. The van der Waals surface area contributed by atoms with E-state index in [2.05, 4.69) is 15.9 Å². The van der Waals surface area contributed by atoms with Gasteiger partial charge in [-0.25, -0.2) is 0 Å². The van der Waals surface area contributed by atoms with Gasteiger partial charge in [0.25, 0.3) is 0 Å². The van der Waals surface area contributed by atoms with Gasteiger partial charge in [0.15, 0.2) is 0 Å². The largest absolute Gasteiger partial charge is 0.493 e. The Balaban J connectivity index is 1.72. The molecular formula is C20H21BrO4. The molecule has 0 saturated carbocycles. The van der Waals surface area contributed by atoms with Gasteiger partial charge >= 0.3 is 5.97 Å². The predicted octanol–water partition coefficient (Wildman–Crippen LogP) is 4.46. The number of esters is 1. The van der Waals surface area contributed by atoms with E-state index in [0.29, 0.717) is 19.8 Å². The number of ether oxygens (including phenoxy) is 3. The van der Waals surface area contributed by atoms with Crippen molar-refractivity contribution in [3.8, 4) is 11.5 Å². The first-order valence-corrected chi connectivity index (χ1v) is 9.34. The van der Waals surface area contributed by atoms with Gasteiger partial charge < -0.3 is 14.2 Å². The third-order valence-electron chi connectivity index (χ3n) is 4.18. The summed E-state index contributed by atoms with van der Waals surface area (Å²) >= 11 is 3.49. The summed E-state index contributed by atoms with van der Waals surface area (Å²) in [6.45, 7) is 3.27. The van der Waals surface area contributed by atoms with Gasteiger partial charge in [-0.3, -0.25) is 4.79 Å². The van der Waals surface area contributed by atoms with Crippen LogP contribution in [0.4, 0.5) is 0 Å². The van der Waals surface area contributed by atoms with Crippen molar-refractivity contribution in [1.82, 2.24) is 0 Å². The fourth-order valence-corrected chi connectivity index (χ4v) is 3.60. The summed E-state index contributed by atoms with van der Waals surface area (Å²) in [5.74, 6) is 1.33. The van der Waals surface area contributed by atoms with Gasteiger partial charge in [-0.05, 0) is 30.5 Å². The Hall–Kier alpha value is -2.01. The Kier molecular flexibility index (Phi) is 5.97. The second kappa shape index (κ2) is 8.39. The molecule has 0 fully saturated rings. The van der Waals surface area contributed by atoms with E-state index in [1.807, 2.05) is 55.5 Å².